The lowest BCUT2D eigenvalue weighted by Crippen LogP contribution is -2.51. The number of fused-ring (bicyclic) bond motifs is 5. The number of aromatic nitrogens is 2. The van der Waals surface area contributed by atoms with Crippen molar-refractivity contribution in [3.05, 3.63) is 83.8 Å². The fourth-order valence-electron chi connectivity index (χ4n) is 10.5. The first kappa shape index (κ1) is 43.7. The molecule has 4 aliphatic rings. The van der Waals surface area contributed by atoms with Gasteiger partial charge >= 0.3 is 12.1 Å². The molecule has 8 rings (SSSR count). The molecule has 13 heteroatoms. The second kappa shape index (κ2) is 18.4. The zero-order valence-corrected chi connectivity index (χ0v) is 37.2. The molecule has 63 heavy (non-hydrogen) atoms. The van der Waals surface area contributed by atoms with Crippen molar-refractivity contribution in [1.29, 1.82) is 0 Å². The number of amides is 4. The Balaban J connectivity index is 0.965. The summed E-state index contributed by atoms with van der Waals surface area (Å²) in [5, 5.41) is 5.78. The number of ether oxygens (including phenoxy) is 2. The van der Waals surface area contributed by atoms with Crippen LogP contribution in [0.1, 0.15) is 114 Å². The Morgan fingerprint density at radius 3 is 1.94 bits per heavy atom. The number of H-pyrrole nitrogens is 1. The second-order valence-corrected chi connectivity index (χ2v) is 18.4. The first-order chi connectivity index (χ1) is 30.4. The predicted molar refractivity (Wildman–Crippen MR) is 240 cm³/mol. The average molecular weight is 857 g/mol. The lowest BCUT2D eigenvalue weighted by Gasteiger charge is -2.30. The van der Waals surface area contributed by atoms with Crippen LogP contribution in [0.4, 0.5) is 10.5 Å². The lowest BCUT2D eigenvalue weighted by atomic mass is 9.81. The third-order valence-electron chi connectivity index (χ3n) is 13.9. The van der Waals surface area contributed by atoms with E-state index in [1.807, 2.05) is 50.9 Å². The largest absolute Gasteiger partial charge is 0.469 e. The maximum absolute atomic E-state index is 13.7. The molecule has 2 aliphatic heterocycles. The summed E-state index contributed by atoms with van der Waals surface area (Å²) in [6, 6.07) is 19.7. The number of hydrogen-bond acceptors (Lipinski definition) is 8. The van der Waals surface area contributed by atoms with Gasteiger partial charge in [0.25, 0.3) is 0 Å². The molecule has 13 nitrogen and oxygen atoms in total. The number of methoxy groups -OCH3 is 2. The smallest absolute Gasteiger partial charge is 0.407 e. The molecule has 1 saturated carbocycles. The standard InChI is InChI=1S/C50H60N6O7/c1-28(2)38(26-42(57)62-5)48(59)56-24-8-10-41(56)47(58)52-35-19-17-31(18-20-35)37-22-21-36(43-33-15-16-34(25-33)44(37)43)30-11-13-32(14-12-30)39-27-51-46(53-39)40-9-7-23-55(40)49(60)45(29(3)4)54-50(61)63-6/h11-14,17-22,27-29,33-34,38,40-41,45H,7-10,15-16,23-26H2,1-6H3,(H,51,53)(H,52,58)(H,54,61)/t33?,34?,38-,40-,41-,45-/m0/s1. The number of carbonyl (C=O) groups is 5. The van der Waals surface area contributed by atoms with E-state index >= 15 is 0 Å². The SMILES string of the molecule is COC(=O)C[C@H](C(=O)N1CCC[C@H]1C(=O)Nc1ccc(-c2ccc(-c3ccc(-c4cnc([C@@H]5CCCN5C(=O)[C@@H](NC(=O)OC)C(C)C)[nH]4)cc3)c3c2C2CCC3C2)cc1)C(C)C. The zero-order chi connectivity index (χ0) is 44.5. The van der Waals surface area contributed by atoms with Crippen molar-refractivity contribution in [1.82, 2.24) is 25.1 Å². The summed E-state index contributed by atoms with van der Waals surface area (Å²) in [6.07, 6.45) is 7.69. The summed E-state index contributed by atoms with van der Waals surface area (Å²) in [6.45, 7) is 8.74. The van der Waals surface area contributed by atoms with E-state index < -0.39 is 30.1 Å². The molecule has 332 valence electrons. The average Bonchev–Trinajstić information content (AvgIpc) is 4.16. The Morgan fingerprint density at radius 1 is 0.730 bits per heavy atom. The predicted octanol–water partition coefficient (Wildman–Crippen LogP) is 8.58. The Labute approximate surface area is 369 Å². The monoisotopic (exact) mass is 856 g/mol. The van der Waals surface area contributed by atoms with Crippen molar-refractivity contribution < 1.29 is 33.4 Å². The minimum atomic E-state index is -0.689. The van der Waals surface area contributed by atoms with Gasteiger partial charge in [0.2, 0.25) is 17.7 Å². The Hall–Kier alpha value is -5.98. The Kier molecular flexibility index (Phi) is 12.7. The fourth-order valence-corrected chi connectivity index (χ4v) is 10.5. The quantitative estimate of drug-likeness (QED) is 0.113. The van der Waals surface area contributed by atoms with Gasteiger partial charge in [-0.1, -0.05) is 76.2 Å². The first-order valence-corrected chi connectivity index (χ1v) is 22.6. The summed E-state index contributed by atoms with van der Waals surface area (Å²) in [4.78, 5) is 76.7. The van der Waals surface area contributed by atoms with E-state index in [1.165, 1.54) is 54.9 Å². The van der Waals surface area contributed by atoms with E-state index in [1.54, 1.807) is 4.90 Å². The van der Waals surface area contributed by atoms with Gasteiger partial charge in [-0.15, -0.1) is 0 Å². The van der Waals surface area contributed by atoms with E-state index in [-0.39, 0.29) is 42.0 Å². The maximum atomic E-state index is 13.7. The highest BCUT2D eigenvalue weighted by molar-refractivity contribution is 5.98. The molecule has 3 N–H and O–H groups in total. The number of aromatic amines is 1. The molecule has 1 aromatic heterocycles. The normalized spacial score (nSPS) is 21.1. The summed E-state index contributed by atoms with van der Waals surface area (Å²) in [5.41, 5.74) is 10.2. The van der Waals surface area contributed by atoms with E-state index in [9.17, 15) is 24.0 Å². The molecule has 3 fully saturated rings. The first-order valence-electron chi connectivity index (χ1n) is 22.6. The molecule has 0 radical (unpaired) electrons. The number of hydrogen-bond donors (Lipinski definition) is 3. The van der Waals surface area contributed by atoms with Gasteiger partial charge in [0.15, 0.2) is 0 Å². The van der Waals surface area contributed by atoms with E-state index in [4.69, 9.17) is 14.5 Å². The lowest BCUT2D eigenvalue weighted by molar-refractivity contribution is -0.149. The molecule has 4 amide bonds. The summed E-state index contributed by atoms with van der Waals surface area (Å²) in [7, 11) is 2.62. The van der Waals surface area contributed by atoms with Crippen LogP contribution in [0, 0.1) is 17.8 Å². The van der Waals surface area contributed by atoms with Gasteiger partial charge in [-0.3, -0.25) is 19.2 Å². The minimum absolute atomic E-state index is 0.00241. The summed E-state index contributed by atoms with van der Waals surface area (Å²) < 4.78 is 9.64. The number of nitrogens with zero attached hydrogens (tertiary/aromatic N) is 3. The molecule has 2 saturated heterocycles. The molecular formula is C50H60N6O7. The van der Waals surface area contributed by atoms with Crippen molar-refractivity contribution in [2.24, 2.45) is 17.8 Å². The molecule has 2 aliphatic carbocycles. The number of benzene rings is 3. The number of esters is 1. The molecule has 0 spiro atoms. The van der Waals surface area contributed by atoms with Gasteiger partial charge in [0.1, 0.15) is 17.9 Å². The van der Waals surface area contributed by atoms with Crippen LogP contribution in [0.2, 0.25) is 0 Å². The van der Waals surface area contributed by atoms with Crippen LogP contribution < -0.4 is 10.6 Å². The Morgan fingerprint density at radius 2 is 1.33 bits per heavy atom. The molecule has 2 bridgehead atoms. The third-order valence-corrected chi connectivity index (χ3v) is 13.9. The fraction of sp³-hybridized carbons (Fsp3) is 0.480. The maximum Gasteiger partial charge on any atom is 0.407 e. The highest BCUT2D eigenvalue weighted by Crippen LogP contribution is 2.58. The highest BCUT2D eigenvalue weighted by Gasteiger charge is 2.42. The minimum Gasteiger partial charge on any atom is -0.469 e. The molecule has 2 unspecified atom stereocenters. The highest BCUT2D eigenvalue weighted by atomic mass is 16.5. The van der Waals surface area contributed by atoms with Gasteiger partial charge in [0.05, 0.1) is 44.5 Å². The van der Waals surface area contributed by atoms with Crippen LogP contribution in [0.25, 0.3) is 33.5 Å². The summed E-state index contributed by atoms with van der Waals surface area (Å²) in [5.74, 6) is 0.103. The van der Waals surface area contributed by atoms with Crippen LogP contribution >= 0.6 is 0 Å². The molecule has 4 aromatic rings. The Bertz CT molecular complexity index is 2350. The van der Waals surface area contributed by atoms with Gasteiger partial charge in [-0.05, 0) is 120 Å². The van der Waals surface area contributed by atoms with E-state index in [0.717, 1.165) is 48.3 Å². The number of likely N-dealkylation sites (tertiary alicyclic amines) is 2. The number of nitrogens with one attached hydrogen (secondary N) is 3. The van der Waals surface area contributed by atoms with Gasteiger partial charge < -0.3 is 34.9 Å². The van der Waals surface area contributed by atoms with Gasteiger partial charge in [-0.25, -0.2) is 9.78 Å². The molecule has 3 heterocycles. The van der Waals surface area contributed by atoms with Crippen LogP contribution in [0.5, 0.6) is 0 Å². The molecular weight excluding hydrogens is 797 g/mol. The van der Waals surface area contributed by atoms with Crippen molar-refractivity contribution in [3.63, 3.8) is 0 Å². The number of imidazole rings is 1. The molecule has 3 aromatic carbocycles. The number of alkyl carbamates (subject to hydrolysis) is 1. The topological polar surface area (TPSA) is 163 Å². The van der Waals surface area contributed by atoms with Crippen LogP contribution in [-0.2, 0) is 28.7 Å². The zero-order valence-electron chi connectivity index (χ0n) is 37.2. The van der Waals surface area contributed by atoms with Crippen LogP contribution in [0.3, 0.4) is 0 Å². The van der Waals surface area contributed by atoms with Crippen molar-refractivity contribution in [2.75, 3.05) is 32.6 Å². The summed E-state index contributed by atoms with van der Waals surface area (Å²) >= 11 is 0. The third kappa shape index (κ3) is 8.71. The second-order valence-electron chi connectivity index (χ2n) is 18.4. The number of anilines is 1. The number of carbonyl (C=O) groups excluding carboxylic acids is 5. The van der Waals surface area contributed by atoms with Crippen LogP contribution in [0.15, 0.2) is 66.9 Å². The van der Waals surface area contributed by atoms with Gasteiger partial charge in [-0.2, -0.15) is 0 Å². The van der Waals surface area contributed by atoms with E-state index in [0.29, 0.717) is 37.0 Å². The number of rotatable bonds is 13. The van der Waals surface area contributed by atoms with E-state index in [2.05, 4.69) is 64.1 Å². The molecule has 6 atom stereocenters. The van der Waals surface area contributed by atoms with Crippen molar-refractivity contribution >= 4 is 35.5 Å². The van der Waals surface area contributed by atoms with Crippen molar-refractivity contribution in [3.8, 4) is 33.5 Å². The van der Waals surface area contributed by atoms with Crippen LogP contribution in [-0.4, -0.2) is 88.9 Å². The van der Waals surface area contributed by atoms with Crippen molar-refractivity contribution in [2.45, 2.75) is 109 Å². The van der Waals surface area contributed by atoms with Gasteiger partial charge in [0, 0.05) is 18.8 Å².